The third-order valence-electron chi connectivity index (χ3n) is 1.72. The molecule has 0 saturated carbocycles. The van der Waals surface area contributed by atoms with Crippen LogP contribution in [0, 0.1) is 5.41 Å². The predicted molar refractivity (Wildman–Crippen MR) is 49.0 cm³/mol. The van der Waals surface area contributed by atoms with Crippen LogP contribution in [0.4, 0.5) is 0 Å². The van der Waals surface area contributed by atoms with E-state index in [1.54, 1.807) is 0 Å². The first-order valence-electron chi connectivity index (χ1n) is 4.26. The molecule has 72 valence electrons. The zero-order valence-corrected chi connectivity index (χ0v) is 8.44. The Kier molecular flexibility index (Phi) is 4.90. The van der Waals surface area contributed by atoms with Crippen molar-refractivity contribution in [2.45, 2.75) is 27.2 Å². The Labute approximate surface area is 74.5 Å². The van der Waals surface area contributed by atoms with Crippen LogP contribution in [0.2, 0.25) is 0 Å². The third kappa shape index (κ3) is 6.16. The quantitative estimate of drug-likeness (QED) is 0.634. The van der Waals surface area contributed by atoms with Crippen LogP contribution in [-0.2, 0) is 9.53 Å². The first-order valence-corrected chi connectivity index (χ1v) is 4.26. The average molecular weight is 173 g/mol. The maximum absolute atomic E-state index is 10.5. The second-order valence-corrected chi connectivity index (χ2v) is 3.80. The molecule has 3 heteroatoms. The Balaban J connectivity index is 3.63. The highest BCUT2D eigenvalue weighted by molar-refractivity contribution is 5.65. The van der Waals surface area contributed by atoms with Gasteiger partial charge in [-0.1, -0.05) is 13.8 Å². The van der Waals surface area contributed by atoms with Crippen LogP contribution >= 0.6 is 0 Å². The Morgan fingerprint density at radius 2 is 2.08 bits per heavy atom. The number of hydrogen-bond acceptors (Lipinski definition) is 3. The molecule has 0 aromatic rings. The van der Waals surface area contributed by atoms with Crippen LogP contribution in [0.5, 0.6) is 0 Å². The summed E-state index contributed by atoms with van der Waals surface area (Å²) in [6.07, 6.45) is 1.01. The van der Waals surface area contributed by atoms with Gasteiger partial charge in [-0.3, -0.25) is 4.79 Å². The highest BCUT2D eigenvalue weighted by Gasteiger charge is 2.18. The van der Waals surface area contributed by atoms with Gasteiger partial charge in [0.2, 0.25) is 0 Å². The molecule has 0 atom stereocenters. The van der Waals surface area contributed by atoms with E-state index in [2.05, 4.69) is 19.2 Å². The number of esters is 1. The molecular weight excluding hydrogens is 154 g/mol. The average Bonchev–Trinajstić information content (AvgIpc) is 1.98. The summed E-state index contributed by atoms with van der Waals surface area (Å²) in [6.45, 7) is 7.08. The zero-order valence-electron chi connectivity index (χ0n) is 8.44. The van der Waals surface area contributed by atoms with Gasteiger partial charge in [0, 0.05) is 12.3 Å². The van der Waals surface area contributed by atoms with Gasteiger partial charge in [0.1, 0.15) is 0 Å². The summed E-state index contributed by atoms with van der Waals surface area (Å²) < 4.78 is 4.94. The lowest BCUT2D eigenvalue weighted by Gasteiger charge is -2.23. The molecule has 0 radical (unpaired) electrons. The lowest BCUT2D eigenvalue weighted by molar-refractivity contribution is -0.144. The summed E-state index contributed by atoms with van der Waals surface area (Å²) in [7, 11) is 1.92. The Morgan fingerprint density at radius 3 is 2.50 bits per heavy atom. The topological polar surface area (TPSA) is 38.3 Å². The maximum atomic E-state index is 10.5. The molecule has 3 nitrogen and oxygen atoms in total. The highest BCUT2D eigenvalue weighted by atomic mass is 16.5. The van der Waals surface area contributed by atoms with Gasteiger partial charge in [-0.25, -0.2) is 0 Å². The van der Waals surface area contributed by atoms with E-state index >= 15 is 0 Å². The van der Waals surface area contributed by atoms with Gasteiger partial charge >= 0.3 is 5.97 Å². The molecule has 0 heterocycles. The van der Waals surface area contributed by atoms with E-state index in [0.717, 1.165) is 13.0 Å². The second kappa shape index (κ2) is 5.14. The molecule has 0 saturated heterocycles. The van der Waals surface area contributed by atoms with Gasteiger partial charge in [-0.15, -0.1) is 0 Å². The van der Waals surface area contributed by atoms with Crippen LogP contribution in [-0.4, -0.2) is 26.2 Å². The molecular formula is C9H19NO2. The smallest absolute Gasteiger partial charge is 0.302 e. The largest absolute Gasteiger partial charge is 0.465 e. The summed E-state index contributed by atoms with van der Waals surface area (Å²) in [6, 6.07) is 0. The van der Waals surface area contributed by atoms with Crippen molar-refractivity contribution < 1.29 is 9.53 Å². The molecule has 0 rings (SSSR count). The Morgan fingerprint density at radius 1 is 1.50 bits per heavy atom. The molecule has 0 aromatic heterocycles. The van der Waals surface area contributed by atoms with Crippen LogP contribution in [0.15, 0.2) is 0 Å². The van der Waals surface area contributed by atoms with E-state index in [4.69, 9.17) is 4.74 Å². The summed E-state index contributed by atoms with van der Waals surface area (Å²) >= 11 is 0. The van der Waals surface area contributed by atoms with Gasteiger partial charge in [-0.2, -0.15) is 0 Å². The molecule has 12 heavy (non-hydrogen) atoms. The van der Waals surface area contributed by atoms with Gasteiger partial charge in [-0.05, 0) is 20.0 Å². The summed E-state index contributed by atoms with van der Waals surface area (Å²) in [5.74, 6) is -0.201. The molecule has 0 aliphatic heterocycles. The predicted octanol–water partition coefficient (Wildman–Crippen LogP) is 1.19. The lowest BCUT2D eigenvalue weighted by Crippen LogP contribution is -2.25. The van der Waals surface area contributed by atoms with Crippen molar-refractivity contribution in [3.8, 4) is 0 Å². The third-order valence-corrected chi connectivity index (χ3v) is 1.72. The molecule has 0 aromatic carbocycles. The standard InChI is InChI=1S/C9H19NO2/c1-8(11)12-7-9(2,3)5-6-10-4/h10H,5-7H2,1-4H3. The van der Waals surface area contributed by atoms with Crippen molar-refractivity contribution in [2.24, 2.45) is 5.41 Å². The molecule has 0 bridgehead atoms. The van der Waals surface area contributed by atoms with Crippen molar-refractivity contribution in [1.29, 1.82) is 0 Å². The fraction of sp³-hybridized carbons (Fsp3) is 0.889. The van der Waals surface area contributed by atoms with E-state index in [1.807, 2.05) is 7.05 Å². The minimum atomic E-state index is -0.201. The van der Waals surface area contributed by atoms with Crippen molar-refractivity contribution in [3.63, 3.8) is 0 Å². The number of nitrogens with one attached hydrogen (secondary N) is 1. The molecule has 0 unspecified atom stereocenters. The number of rotatable bonds is 5. The summed E-state index contributed by atoms with van der Waals surface area (Å²) in [5.41, 5.74) is 0.0781. The van der Waals surface area contributed by atoms with Gasteiger partial charge < -0.3 is 10.1 Å². The minimum absolute atomic E-state index is 0.0781. The first-order chi connectivity index (χ1) is 5.48. The second-order valence-electron chi connectivity index (χ2n) is 3.80. The molecule has 0 fully saturated rings. The fourth-order valence-corrected chi connectivity index (χ4v) is 0.833. The number of carbonyl (C=O) groups excluding carboxylic acids is 1. The molecule has 0 aliphatic carbocycles. The van der Waals surface area contributed by atoms with Gasteiger partial charge in [0.25, 0.3) is 0 Å². The molecule has 0 spiro atoms. The monoisotopic (exact) mass is 173 g/mol. The van der Waals surface area contributed by atoms with Crippen LogP contribution in [0.3, 0.4) is 0 Å². The van der Waals surface area contributed by atoms with E-state index in [9.17, 15) is 4.79 Å². The number of ether oxygens (including phenoxy) is 1. The number of carbonyl (C=O) groups is 1. The van der Waals surface area contributed by atoms with E-state index in [1.165, 1.54) is 6.92 Å². The van der Waals surface area contributed by atoms with Crippen molar-refractivity contribution in [2.75, 3.05) is 20.2 Å². The minimum Gasteiger partial charge on any atom is -0.465 e. The fourth-order valence-electron chi connectivity index (χ4n) is 0.833. The van der Waals surface area contributed by atoms with E-state index < -0.39 is 0 Å². The summed E-state index contributed by atoms with van der Waals surface area (Å²) in [4.78, 5) is 10.5. The Hall–Kier alpha value is -0.570. The van der Waals surface area contributed by atoms with E-state index in [0.29, 0.717) is 6.61 Å². The van der Waals surface area contributed by atoms with Crippen LogP contribution < -0.4 is 5.32 Å². The first kappa shape index (κ1) is 11.4. The summed E-state index contributed by atoms with van der Waals surface area (Å²) in [5, 5.41) is 3.07. The van der Waals surface area contributed by atoms with Gasteiger partial charge in [0.05, 0.1) is 6.61 Å². The van der Waals surface area contributed by atoms with E-state index in [-0.39, 0.29) is 11.4 Å². The normalized spacial score (nSPS) is 11.3. The Bertz CT molecular complexity index is 143. The number of hydrogen-bond donors (Lipinski definition) is 1. The van der Waals surface area contributed by atoms with Crippen molar-refractivity contribution in [3.05, 3.63) is 0 Å². The molecule has 0 aliphatic rings. The van der Waals surface area contributed by atoms with Crippen LogP contribution in [0.25, 0.3) is 0 Å². The van der Waals surface area contributed by atoms with Crippen LogP contribution in [0.1, 0.15) is 27.2 Å². The van der Waals surface area contributed by atoms with Crippen molar-refractivity contribution in [1.82, 2.24) is 5.32 Å². The lowest BCUT2D eigenvalue weighted by atomic mass is 9.90. The SMILES string of the molecule is CNCCC(C)(C)COC(C)=O. The maximum Gasteiger partial charge on any atom is 0.302 e. The highest BCUT2D eigenvalue weighted by Crippen LogP contribution is 2.19. The van der Waals surface area contributed by atoms with Crippen molar-refractivity contribution >= 4 is 5.97 Å². The zero-order chi connectivity index (χ0) is 9.61. The van der Waals surface area contributed by atoms with Gasteiger partial charge in [0.15, 0.2) is 0 Å². The molecule has 1 N–H and O–H groups in total. The molecule has 0 amide bonds.